The normalized spacial score (nSPS) is 10.3. The van der Waals surface area contributed by atoms with Gasteiger partial charge in [0.15, 0.2) is 0 Å². The summed E-state index contributed by atoms with van der Waals surface area (Å²) in [7, 11) is 0. The SMILES string of the molecule is CCCc1ccccc1Nc1ccc(C(N)=S)c(Br)c1. The molecule has 0 saturated carbocycles. The van der Waals surface area contributed by atoms with Gasteiger partial charge >= 0.3 is 0 Å². The maximum atomic E-state index is 5.66. The van der Waals surface area contributed by atoms with E-state index in [2.05, 4.69) is 46.4 Å². The minimum Gasteiger partial charge on any atom is -0.389 e. The lowest BCUT2D eigenvalue weighted by atomic mass is 10.1. The first-order valence-corrected chi connectivity index (χ1v) is 7.76. The summed E-state index contributed by atoms with van der Waals surface area (Å²) in [5, 5.41) is 3.45. The Morgan fingerprint density at radius 2 is 2.00 bits per heavy atom. The summed E-state index contributed by atoms with van der Waals surface area (Å²) in [4.78, 5) is 0.398. The number of nitrogens with one attached hydrogen (secondary N) is 1. The molecular weight excluding hydrogens is 332 g/mol. The number of hydrogen-bond donors (Lipinski definition) is 2. The van der Waals surface area contributed by atoms with Gasteiger partial charge in [-0.3, -0.25) is 0 Å². The highest BCUT2D eigenvalue weighted by atomic mass is 79.9. The van der Waals surface area contributed by atoms with Crippen LogP contribution in [0.2, 0.25) is 0 Å². The van der Waals surface area contributed by atoms with E-state index in [1.165, 1.54) is 5.56 Å². The van der Waals surface area contributed by atoms with Gasteiger partial charge in [0.05, 0.1) is 0 Å². The summed E-state index contributed by atoms with van der Waals surface area (Å²) >= 11 is 8.51. The summed E-state index contributed by atoms with van der Waals surface area (Å²) < 4.78 is 0.906. The van der Waals surface area contributed by atoms with Gasteiger partial charge in [0.2, 0.25) is 0 Å². The molecule has 0 aliphatic rings. The van der Waals surface area contributed by atoms with E-state index >= 15 is 0 Å². The highest BCUT2D eigenvalue weighted by molar-refractivity contribution is 9.10. The highest BCUT2D eigenvalue weighted by Crippen LogP contribution is 2.26. The molecule has 0 aliphatic heterocycles. The molecular formula is C16H17BrN2S. The van der Waals surface area contributed by atoms with Crippen molar-refractivity contribution in [2.45, 2.75) is 19.8 Å². The fourth-order valence-electron chi connectivity index (χ4n) is 2.08. The third-order valence-electron chi connectivity index (χ3n) is 3.05. The van der Waals surface area contributed by atoms with Gasteiger partial charge in [-0.1, -0.05) is 43.8 Å². The molecule has 0 atom stereocenters. The summed E-state index contributed by atoms with van der Waals surface area (Å²) in [5.41, 5.74) is 10.00. The molecule has 2 nitrogen and oxygen atoms in total. The maximum absolute atomic E-state index is 5.66. The summed E-state index contributed by atoms with van der Waals surface area (Å²) in [6, 6.07) is 14.3. The Labute approximate surface area is 133 Å². The van der Waals surface area contributed by atoms with Crippen LogP contribution < -0.4 is 11.1 Å². The van der Waals surface area contributed by atoms with Crippen molar-refractivity contribution >= 4 is 44.5 Å². The Kier molecular flexibility index (Phi) is 5.15. The third-order valence-corrected chi connectivity index (χ3v) is 3.93. The van der Waals surface area contributed by atoms with Crippen molar-refractivity contribution in [3.63, 3.8) is 0 Å². The van der Waals surface area contributed by atoms with Gasteiger partial charge in [0.1, 0.15) is 4.99 Å². The molecule has 0 aromatic heterocycles. The highest BCUT2D eigenvalue weighted by Gasteiger charge is 2.06. The van der Waals surface area contributed by atoms with E-state index in [9.17, 15) is 0 Å². The number of aryl methyl sites for hydroxylation is 1. The molecule has 0 bridgehead atoms. The van der Waals surface area contributed by atoms with Crippen LogP contribution in [-0.2, 0) is 6.42 Å². The van der Waals surface area contributed by atoms with Crippen molar-refractivity contribution in [2.24, 2.45) is 5.73 Å². The zero-order valence-corrected chi connectivity index (χ0v) is 13.7. The Morgan fingerprint density at radius 3 is 2.65 bits per heavy atom. The smallest absolute Gasteiger partial charge is 0.105 e. The molecule has 2 aromatic rings. The molecule has 0 saturated heterocycles. The Morgan fingerprint density at radius 1 is 1.25 bits per heavy atom. The molecule has 0 heterocycles. The first-order valence-electron chi connectivity index (χ1n) is 6.56. The van der Waals surface area contributed by atoms with Crippen molar-refractivity contribution in [2.75, 3.05) is 5.32 Å². The molecule has 20 heavy (non-hydrogen) atoms. The molecule has 2 aromatic carbocycles. The van der Waals surface area contributed by atoms with Crippen LogP contribution >= 0.6 is 28.1 Å². The Balaban J connectivity index is 2.26. The van der Waals surface area contributed by atoms with Crippen LogP contribution in [0.5, 0.6) is 0 Å². The Hall–Kier alpha value is -1.39. The molecule has 0 fully saturated rings. The molecule has 4 heteroatoms. The zero-order valence-electron chi connectivity index (χ0n) is 11.3. The molecule has 0 unspecified atom stereocenters. The van der Waals surface area contributed by atoms with Gasteiger partial charge in [-0.2, -0.15) is 0 Å². The van der Waals surface area contributed by atoms with E-state index in [0.717, 1.165) is 34.3 Å². The fourth-order valence-corrected chi connectivity index (χ4v) is 2.98. The minimum atomic E-state index is 0.398. The lowest BCUT2D eigenvalue weighted by molar-refractivity contribution is 0.923. The number of rotatable bonds is 5. The van der Waals surface area contributed by atoms with E-state index in [1.54, 1.807) is 0 Å². The average molecular weight is 349 g/mol. The molecule has 0 aliphatic carbocycles. The average Bonchev–Trinajstić information content (AvgIpc) is 2.41. The van der Waals surface area contributed by atoms with E-state index < -0.39 is 0 Å². The van der Waals surface area contributed by atoms with Gasteiger partial charge in [0, 0.05) is 21.4 Å². The monoisotopic (exact) mass is 348 g/mol. The second-order valence-corrected chi connectivity index (χ2v) is 5.89. The van der Waals surface area contributed by atoms with Gasteiger partial charge < -0.3 is 11.1 Å². The van der Waals surface area contributed by atoms with Crippen LogP contribution in [-0.4, -0.2) is 4.99 Å². The predicted molar refractivity (Wildman–Crippen MR) is 93.7 cm³/mol. The molecule has 2 rings (SSSR count). The largest absolute Gasteiger partial charge is 0.389 e. The van der Waals surface area contributed by atoms with Crippen LogP contribution in [0.15, 0.2) is 46.9 Å². The Bertz CT molecular complexity index is 626. The van der Waals surface area contributed by atoms with Gasteiger partial charge in [-0.25, -0.2) is 0 Å². The van der Waals surface area contributed by atoms with E-state index in [1.807, 2.05) is 24.3 Å². The maximum Gasteiger partial charge on any atom is 0.105 e. The molecule has 3 N–H and O–H groups in total. The number of anilines is 2. The van der Waals surface area contributed by atoms with Crippen molar-refractivity contribution in [1.29, 1.82) is 0 Å². The van der Waals surface area contributed by atoms with Gasteiger partial charge in [-0.15, -0.1) is 0 Å². The lowest BCUT2D eigenvalue weighted by Crippen LogP contribution is -2.10. The standard InChI is InChI=1S/C16H17BrN2S/c1-2-5-11-6-3-4-7-15(11)19-12-8-9-13(16(18)20)14(17)10-12/h3-4,6-10,19H,2,5H2,1H3,(H2,18,20). The van der Waals surface area contributed by atoms with Crippen LogP contribution in [0, 0.1) is 0 Å². The first-order chi connectivity index (χ1) is 9.61. The van der Waals surface area contributed by atoms with Crippen molar-refractivity contribution in [1.82, 2.24) is 0 Å². The number of para-hydroxylation sites is 1. The van der Waals surface area contributed by atoms with E-state index in [0.29, 0.717) is 4.99 Å². The van der Waals surface area contributed by atoms with Crippen molar-refractivity contribution in [3.8, 4) is 0 Å². The number of hydrogen-bond acceptors (Lipinski definition) is 2. The van der Waals surface area contributed by atoms with Crippen molar-refractivity contribution < 1.29 is 0 Å². The number of benzene rings is 2. The zero-order chi connectivity index (χ0) is 14.5. The quantitative estimate of drug-likeness (QED) is 0.763. The van der Waals surface area contributed by atoms with Crippen LogP contribution in [0.1, 0.15) is 24.5 Å². The summed E-state index contributed by atoms with van der Waals surface area (Å²) in [6.45, 7) is 2.18. The molecule has 0 spiro atoms. The summed E-state index contributed by atoms with van der Waals surface area (Å²) in [5.74, 6) is 0. The topological polar surface area (TPSA) is 38.0 Å². The summed E-state index contributed by atoms with van der Waals surface area (Å²) in [6.07, 6.45) is 2.19. The number of nitrogens with two attached hydrogens (primary N) is 1. The van der Waals surface area contributed by atoms with Crippen molar-refractivity contribution in [3.05, 3.63) is 58.1 Å². The lowest BCUT2D eigenvalue weighted by Gasteiger charge is -2.13. The van der Waals surface area contributed by atoms with Gasteiger partial charge in [0.25, 0.3) is 0 Å². The fraction of sp³-hybridized carbons (Fsp3) is 0.188. The number of halogens is 1. The minimum absolute atomic E-state index is 0.398. The van der Waals surface area contributed by atoms with Crippen LogP contribution in [0.25, 0.3) is 0 Å². The predicted octanol–water partition coefficient (Wildman–Crippen LogP) is 4.78. The van der Waals surface area contributed by atoms with Crippen LogP contribution in [0.3, 0.4) is 0 Å². The first kappa shape index (κ1) is 15.0. The molecule has 0 amide bonds. The van der Waals surface area contributed by atoms with Gasteiger partial charge in [-0.05, 0) is 52.2 Å². The second kappa shape index (κ2) is 6.86. The van der Waals surface area contributed by atoms with E-state index in [4.69, 9.17) is 18.0 Å². The van der Waals surface area contributed by atoms with E-state index in [-0.39, 0.29) is 0 Å². The molecule has 104 valence electrons. The second-order valence-electron chi connectivity index (χ2n) is 4.59. The molecule has 0 radical (unpaired) electrons. The van der Waals surface area contributed by atoms with Crippen LogP contribution in [0.4, 0.5) is 11.4 Å². The number of thiocarbonyl (C=S) groups is 1. The third kappa shape index (κ3) is 3.58.